The molecule has 0 aromatic carbocycles. The van der Waals surface area contributed by atoms with Crippen LogP contribution in [-0.4, -0.2) is 63.5 Å². The zero-order valence-electron chi connectivity index (χ0n) is 14.6. The van der Waals surface area contributed by atoms with Crippen LogP contribution in [0.5, 0.6) is 0 Å². The zero-order valence-corrected chi connectivity index (χ0v) is 14.6. The van der Waals surface area contributed by atoms with Gasteiger partial charge in [-0.05, 0) is 6.92 Å². The summed E-state index contributed by atoms with van der Waals surface area (Å²) in [6, 6.07) is 1.23. The van der Waals surface area contributed by atoms with E-state index in [0.717, 1.165) is 39.4 Å². The molecular weight excluding hydrogens is 338 g/mol. The SMILES string of the molecule is Cc1cc(NNC(=O)Nc2cnn(CCN3CCOCC3)c2)nc(N)n1. The van der Waals surface area contributed by atoms with Gasteiger partial charge in [-0.15, -0.1) is 0 Å². The minimum atomic E-state index is -0.437. The van der Waals surface area contributed by atoms with E-state index in [4.69, 9.17) is 10.5 Å². The lowest BCUT2D eigenvalue weighted by molar-refractivity contribution is 0.0360. The molecule has 0 unspecified atom stereocenters. The Morgan fingerprint density at radius 2 is 2.12 bits per heavy atom. The van der Waals surface area contributed by atoms with Crippen molar-refractivity contribution in [3.8, 4) is 0 Å². The maximum atomic E-state index is 12.0. The van der Waals surface area contributed by atoms with Crippen molar-refractivity contribution in [1.82, 2.24) is 30.1 Å². The highest BCUT2D eigenvalue weighted by molar-refractivity contribution is 5.89. The molecule has 0 saturated carbocycles. The first-order valence-electron chi connectivity index (χ1n) is 8.35. The first-order chi connectivity index (χ1) is 12.6. The number of amides is 2. The number of aromatic nitrogens is 4. The number of urea groups is 1. The van der Waals surface area contributed by atoms with Crippen LogP contribution in [0.15, 0.2) is 18.5 Å². The Kier molecular flexibility index (Phi) is 5.81. The molecule has 11 heteroatoms. The lowest BCUT2D eigenvalue weighted by Gasteiger charge is -2.26. The van der Waals surface area contributed by atoms with Crippen molar-refractivity contribution in [3.05, 3.63) is 24.2 Å². The van der Waals surface area contributed by atoms with Crippen LogP contribution < -0.4 is 21.9 Å². The van der Waals surface area contributed by atoms with Crippen LogP contribution in [0.1, 0.15) is 5.69 Å². The van der Waals surface area contributed by atoms with E-state index < -0.39 is 6.03 Å². The van der Waals surface area contributed by atoms with E-state index in [0.29, 0.717) is 17.2 Å². The van der Waals surface area contributed by atoms with Gasteiger partial charge in [-0.25, -0.2) is 9.78 Å². The third kappa shape index (κ3) is 5.29. The van der Waals surface area contributed by atoms with Crippen LogP contribution in [-0.2, 0) is 11.3 Å². The molecule has 0 radical (unpaired) electrons. The molecule has 0 atom stereocenters. The number of rotatable bonds is 6. The predicted octanol–water partition coefficient (Wildman–Crippen LogP) is 0.0445. The molecule has 140 valence electrons. The van der Waals surface area contributed by atoms with Gasteiger partial charge in [0.2, 0.25) is 5.95 Å². The Hall–Kier alpha value is -2.92. The fraction of sp³-hybridized carbons (Fsp3) is 0.467. The molecular formula is C15H23N9O2. The smallest absolute Gasteiger partial charge is 0.337 e. The lowest BCUT2D eigenvalue weighted by Crippen LogP contribution is -2.38. The lowest BCUT2D eigenvalue weighted by atomic mass is 10.4. The fourth-order valence-corrected chi connectivity index (χ4v) is 2.56. The molecule has 2 aromatic rings. The number of hydrazine groups is 1. The van der Waals surface area contributed by atoms with Gasteiger partial charge in [0.05, 0.1) is 31.6 Å². The number of anilines is 3. The minimum Gasteiger partial charge on any atom is -0.379 e. The van der Waals surface area contributed by atoms with E-state index in [1.807, 2.05) is 0 Å². The summed E-state index contributed by atoms with van der Waals surface area (Å²) in [6.07, 6.45) is 3.39. The molecule has 1 saturated heterocycles. The van der Waals surface area contributed by atoms with Gasteiger partial charge in [0.1, 0.15) is 5.82 Å². The Morgan fingerprint density at radius 1 is 1.31 bits per heavy atom. The summed E-state index contributed by atoms with van der Waals surface area (Å²) in [4.78, 5) is 22.2. The van der Waals surface area contributed by atoms with Gasteiger partial charge in [0, 0.05) is 37.6 Å². The van der Waals surface area contributed by atoms with Gasteiger partial charge in [-0.2, -0.15) is 10.1 Å². The van der Waals surface area contributed by atoms with Gasteiger partial charge in [-0.3, -0.25) is 20.4 Å². The Morgan fingerprint density at radius 3 is 2.88 bits per heavy atom. The van der Waals surface area contributed by atoms with Crippen LogP contribution >= 0.6 is 0 Å². The van der Waals surface area contributed by atoms with Crippen LogP contribution in [0, 0.1) is 6.92 Å². The Labute approximate surface area is 150 Å². The van der Waals surface area contributed by atoms with Crippen LogP contribution in [0.25, 0.3) is 0 Å². The first-order valence-corrected chi connectivity index (χ1v) is 8.35. The fourth-order valence-electron chi connectivity index (χ4n) is 2.56. The largest absolute Gasteiger partial charge is 0.379 e. The van der Waals surface area contributed by atoms with Crippen molar-refractivity contribution in [3.63, 3.8) is 0 Å². The molecule has 1 fully saturated rings. The number of nitrogens with one attached hydrogen (secondary N) is 3. The third-order valence-electron chi connectivity index (χ3n) is 3.82. The second-order valence-corrected chi connectivity index (χ2v) is 5.90. The molecule has 1 aliphatic heterocycles. The van der Waals surface area contributed by atoms with Crippen LogP contribution in [0.4, 0.5) is 22.2 Å². The number of nitrogens with zero attached hydrogens (tertiary/aromatic N) is 5. The highest BCUT2D eigenvalue weighted by atomic mass is 16.5. The van der Waals surface area contributed by atoms with Gasteiger partial charge in [-0.1, -0.05) is 0 Å². The van der Waals surface area contributed by atoms with Crippen molar-refractivity contribution in [2.75, 3.05) is 49.3 Å². The van der Waals surface area contributed by atoms with Crippen molar-refractivity contribution in [1.29, 1.82) is 0 Å². The third-order valence-corrected chi connectivity index (χ3v) is 3.82. The van der Waals surface area contributed by atoms with E-state index >= 15 is 0 Å². The average Bonchev–Trinajstić information content (AvgIpc) is 3.06. The van der Waals surface area contributed by atoms with Crippen LogP contribution in [0.3, 0.4) is 0 Å². The van der Waals surface area contributed by atoms with E-state index in [1.165, 1.54) is 0 Å². The molecule has 11 nitrogen and oxygen atoms in total. The summed E-state index contributed by atoms with van der Waals surface area (Å²) in [7, 11) is 0. The number of nitrogens with two attached hydrogens (primary N) is 1. The topological polar surface area (TPSA) is 135 Å². The molecule has 2 aromatic heterocycles. The number of ether oxygens (including phenoxy) is 1. The molecule has 0 spiro atoms. The van der Waals surface area contributed by atoms with Gasteiger partial charge in [0.25, 0.3) is 0 Å². The van der Waals surface area contributed by atoms with Crippen molar-refractivity contribution >= 4 is 23.5 Å². The maximum absolute atomic E-state index is 12.0. The molecule has 0 bridgehead atoms. The molecule has 1 aliphatic rings. The monoisotopic (exact) mass is 361 g/mol. The number of hydrogen-bond acceptors (Lipinski definition) is 8. The minimum absolute atomic E-state index is 0.135. The Balaban J connectivity index is 1.43. The maximum Gasteiger partial charge on any atom is 0.337 e. The van der Waals surface area contributed by atoms with Crippen molar-refractivity contribution < 1.29 is 9.53 Å². The summed E-state index contributed by atoms with van der Waals surface area (Å²) in [5.41, 5.74) is 12.0. The highest BCUT2D eigenvalue weighted by Crippen LogP contribution is 2.07. The van der Waals surface area contributed by atoms with E-state index in [2.05, 4.69) is 36.1 Å². The average molecular weight is 361 g/mol. The quantitative estimate of drug-likeness (QED) is 0.530. The summed E-state index contributed by atoms with van der Waals surface area (Å²) in [5, 5.41) is 6.95. The molecule has 3 heterocycles. The van der Waals surface area contributed by atoms with Gasteiger partial charge in [0.15, 0.2) is 0 Å². The summed E-state index contributed by atoms with van der Waals surface area (Å²) in [6.45, 7) is 6.86. The summed E-state index contributed by atoms with van der Waals surface area (Å²) in [5.74, 6) is 0.544. The number of carbonyl (C=O) groups excluding carboxylic acids is 1. The van der Waals surface area contributed by atoms with Gasteiger partial charge < -0.3 is 15.8 Å². The number of aryl methyl sites for hydroxylation is 1. The van der Waals surface area contributed by atoms with Crippen molar-refractivity contribution in [2.45, 2.75) is 13.5 Å². The second-order valence-electron chi connectivity index (χ2n) is 5.90. The van der Waals surface area contributed by atoms with E-state index in [9.17, 15) is 4.79 Å². The predicted molar refractivity (Wildman–Crippen MR) is 96.4 cm³/mol. The van der Waals surface area contributed by atoms with E-state index in [-0.39, 0.29) is 5.95 Å². The summed E-state index contributed by atoms with van der Waals surface area (Å²) >= 11 is 0. The van der Waals surface area contributed by atoms with E-state index in [1.54, 1.807) is 30.1 Å². The first kappa shape index (κ1) is 17.9. The summed E-state index contributed by atoms with van der Waals surface area (Å²) < 4.78 is 7.13. The number of carbonyl (C=O) groups is 1. The second kappa shape index (κ2) is 8.45. The molecule has 26 heavy (non-hydrogen) atoms. The van der Waals surface area contributed by atoms with Gasteiger partial charge >= 0.3 is 6.03 Å². The van der Waals surface area contributed by atoms with Crippen LogP contribution in [0.2, 0.25) is 0 Å². The van der Waals surface area contributed by atoms with Crippen molar-refractivity contribution in [2.24, 2.45) is 0 Å². The molecule has 2 amide bonds. The number of hydrogen-bond donors (Lipinski definition) is 4. The number of morpholine rings is 1. The normalized spacial score (nSPS) is 14.8. The molecule has 5 N–H and O–H groups in total. The Bertz CT molecular complexity index is 722. The molecule has 0 aliphatic carbocycles. The number of nitrogen functional groups attached to an aromatic ring is 1. The zero-order chi connectivity index (χ0) is 18.4. The molecule has 3 rings (SSSR count). The standard InChI is InChI=1S/C15H23N9O2/c1-11-8-13(20-14(16)18-11)21-22-15(25)19-12-9-17-24(10-12)3-2-23-4-6-26-7-5-23/h8-10H,2-7H2,1H3,(H2,19,22,25)(H3,16,18,20,21). The highest BCUT2D eigenvalue weighted by Gasteiger charge is 2.10.